The lowest BCUT2D eigenvalue weighted by Crippen LogP contribution is -2.33. The Hall–Kier alpha value is -0.900. The largest absolute Gasteiger partial charge is 0.330 e. The average molecular weight is 289 g/mol. The average Bonchev–Trinajstić information content (AvgIpc) is 2.77. The Morgan fingerprint density at radius 3 is 2.57 bits per heavy atom. The first-order valence-electron chi connectivity index (χ1n) is 8.52. The van der Waals surface area contributed by atoms with Crippen LogP contribution < -0.4 is 5.73 Å². The predicted molar refractivity (Wildman–Crippen MR) is 90.4 cm³/mol. The quantitative estimate of drug-likeness (QED) is 0.783. The zero-order valence-electron chi connectivity index (χ0n) is 13.5. The molecule has 2 rings (SSSR count). The van der Waals surface area contributed by atoms with Crippen molar-refractivity contribution >= 4 is 0 Å². The molecule has 1 saturated heterocycles. The molecule has 118 valence electrons. The summed E-state index contributed by atoms with van der Waals surface area (Å²) in [4.78, 5) is 5.27. The zero-order valence-corrected chi connectivity index (χ0v) is 13.5. The highest BCUT2D eigenvalue weighted by molar-refractivity contribution is 5.18. The fourth-order valence-electron chi connectivity index (χ4n) is 3.20. The molecule has 0 amide bonds. The molecular weight excluding hydrogens is 258 g/mol. The van der Waals surface area contributed by atoms with Crippen LogP contribution in [0.1, 0.15) is 44.2 Å². The number of hydrogen-bond donors (Lipinski definition) is 1. The van der Waals surface area contributed by atoms with E-state index in [1.807, 2.05) is 0 Å². The van der Waals surface area contributed by atoms with E-state index in [0.29, 0.717) is 6.04 Å². The van der Waals surface area contributed by atoms with Gasteiger partial charge in [-0.15, -0.1) is 0 Å². The molecule has 0 bridgehead atoms. The lowest BCUT2D eigenvalue weighted by Gasteiger charge is -2.28. The van der Waals surface area contributed by atoms with Crippen molar-refractivity contribution < 1.29 is 0 Å². The number of nitrogens with two attached hydrogens (primary N) is 1. The minimum Gasteiger partial charge on any atom is -0.330 e. The Labute approximate surface area is 130 Å². The molecule has 0 spiro atoms. The molecule has 0 saturated carbocycles. The van der Waals surface area contributed by atoms with Gasteiger partial charge in [0.2, 0.25) is 0 Å². The van der Waals surface area contributed by atoms with Gasteiger partial charge in [-0.2, -0.15) is 0 Å². The summed E-state index contributed by atoms with van der Waals surface area (Å²) in [6.07, 6.45) is 5.03. The van der Waals surface area contributed by atoms with Gasteiger partial charge in [-0.05, 0) is 51.4 Å². The van der Waals surface area contributed by atoms with Crippen molar-refractivity contribution in [3.63, 3.8) is 0 Å². The summed E-state index contributed by atoms with van der Waals surface area (Å²) < 4.78 is 0. The summed E-state index contributed by atoms with van der Waals surface area (Å²) in [5.74, 6) is 0. The van der Waals surface area contributed by atoms with Crippen LogP contribution in [0.25, 0.3) is 0 Å². The van der Waals surface area contributed by atoms with Crippen LogP contribution in [0.2, 0.25) is 0 Å². The van der Waals surface area contributed by atoms with Crippen molar-refractivity contribution in [1.82, 2.24) is 9.80 Å². The van der Waals surface area contributed by atoms with Gasteiger partial charge in [-0.25, -0.2) is 0 Å². The molecule has 3 heteroatoms. The molecule has 1 aromatic carbocycles. The summed E-state index contributed by atoms with van der Waals surface area (Å²) in [7, 11) is 0. The Morgan fingerprint density at radius 2 is 1.81 bits per heavy atom. The minimum atomic E-state index is 0.531. The highest BCUT2D eigenvalue weighted by Crippen LogP contribution is 2.21. The van der Waals surface area contributed by atoms with Gasteiger partial charge in [0.25, 0.3) is 0 Å². The Bertz CT molecular complexity index is 379. The molecule has 1 aromatic rings. The molecule has 1 aliphatic heterocycles. The van der Waals surface area contributed by atoms with Gasteiger partial charge in [0.05, 0.1) is 0 Å². The third-order valence-corrected chi connectivity index (χ3v) is 4.63. The lowest BCUT2D eigenvalue weighted by molar-refractivity contribution is 0.209. The first kappa shape index (κ1) is 16.5. The maximum atomic E-state index is 5.56. The Kier molecular flexibility index (Phi) is 7.20. The van der Waals surface area contributed by atoms with Gasteiger partial charge < -0.3 is 10.6 Å². The lowest BCUT2D eigenvalue weighted by atomic mass is 10.1. The van der Waals surface area contributed by atoms with Crippen molar-refractivity contribution in [3.05, 3.63) is 35.9 Å². The maximum absolute atomic E-state index is 5.56. The van der Waals surface area contributed by atoms with E-state index in [1.54, 1.807) is 0 Å². The van der Waals surface area contributed by atoms with Crippen molar-refractivity contribution in [2.24, 2.45) is 5.73 Å². The van der Waals surface area contributed by atoms with Crippen LogP contribution in [0.3, 0.4) is 0 Å². The van der Waals surface area contributed by atoms with E-state index in [1.165, 1.54) is 64.0 Å². The minimum absolute atomic E-state index is 0.531. The third kappa shape index (κ3) is 5.42. The van der Waals surface area contributed by atoms with Crippen LogP contribution in [0, 0.1) is 0 Å². The SMILES string of the molecule is CC(c1ccccc1)N1CCCN(CCCCCN)CC1. The van der Waals surface area contributed by atoms with Crippen LogP contribution in [0.15, 0.2) is 30.3 Å². The third-order valence-electron chi connectivity index (χ3n) is 4.63. The molecular formula is C18H31N3. The zero-order chi connectivity index (χ0) is 14.9. The molecule has 1 fully saturated rings. The molecule has 1 aliphatic rings. The molecule has 21 heavy (non-hydrogen) atoms. The fraction of sp³-hybridized carbons (Fsp3) is 0.667. The van der Waals surface area contributed by atoms with Crippen molar-refractivity contribution in [2.75, 3.05) is 39.3 Å². The number of unbranched alkanes of at least 4 members (excludes halogenated alkanes) is 2. The van der Waals surface area contributed by atoms with Crippen molar-refractivity contribution in [3.8, 4) is 0 Å². The number of hydrogen-bond acceptors (Lipinski definition) is 3. The van der Waals surface area contributed by atoms with Gasteiger partial charge in [-0.3, -0.25) is 4.90 Å². The smallest absolute Gasteiger partial charge is 0.0320 e. The normalized spacial score (nSPS) is 19.3. The van der Waals surface area contributed by atoms with Gasteiger partial charge >= 0.3 is 0 Å². The molecule has 1 atom stereocenters. The van der Waals surface area contributed by atoms with Gasteiger partial charge in [0.1, 0.15) is 0 Å². The second-order valence-electron chi connectivity index (χ2n) is 6.17. The monoisotopic (exact) mass is 289 g/mol. The second-order valence-corrected chi connectivity index (χ2v) is 6.17. The highest BCUT2D eigenvalue weighted by Gasteiger charge is 2.19. The van der Waals surface area contributed by atoms with Gasteiger partial charge in [0.15, 0.2) is 0 Å². The highest BCUT2D eigenvalue weighted by atomic mass is 15.2. The molecule has 0 aromatic heterocycles. The molecule has 2 N–H and O–H groups in total. The number of rotatable bonds is 7. The standard InChI is InChI=1S/C18H31N3/c1-17(18-9-4-2-5-10-18)21-14-8-13-20(15-16-21)12-7-3-6-11-19/h2,4-5,9-10,17H,3,6-8,11-16,19H2,1H3. The van der Waals surface area contributed by atoms with Crippen LogP contribution in [0.5, 0.6) is 0 Å². The van der Waals surface area contributed by atoms with Gasteiger partial charge in [0, 0.05) is 25.7 Å². The second kappa shape index (κ2) is 9.19. The van der Waals surface area contributed by atoms with Crippen molar-refractivity contribution in [1.29, 1.82) is 0 Å². The fourth-order valence-corrected chi connectivity index (χ4v) is 3.20. The maximum Gasteiger partial charge on any atom is 0.0320 e. The van der Waals surface area contributed by atoms with E-state index in [2.05, 4.69) is 47.1 Å². The van der Waals surface area contributed by atoms with E-state index in [-0.39, 0.29) is 0 Å². The Balaban J connectivity index is 1.78. The molecule has 0 radical (unpaired) electrons. The van der Waals surface area contributed by atoms with Crippen LogP contribution in [-0.2, 0) is 0 Å². The summed E-state index contributed by atoms with van der Waals surface area (Å²) in [6, 6.07) is 11.4. The first-order chi connectivity index (χ1) is 10.3. The summed E-state index contributed by atoms with van der Waals surface area (Å²) in [5.41, 5.74) is 7.00. The van der Waals surface area contributed by atoms with E-state index >= 15 is 0 Å². The molecule has 1 heterocycles. The molecule has 3 nitrogen and oxygen atoms in total. The van der Waals surface area contributed by atoms with E-state index in [0.717, 1.165) is 6.54 Å². The number of nitrogens with zero attached hydrogens (tertiary/aromatic N) is 2. The first-order valence-corrected chi connectivity index (χ1v) is 8.52. The number of benzene rings is 1. The van der Waals surface area contributed by atoms with Crippen molar-refractivity contribution in [2.45, 2.75) is 38.6 Å². The summed E-state index contributed by atoms with van der Waals surface area (Å²) in [5, 5.41) is 0. The van der Waals surface area contributed by atoms with Gasteiger partial charge in [-0.1, -0.05) is 36.8 Å². The summed E-state index contributed by atoms with van der Waals surface area (Å²) in [6.45, 7) is 9.28. The van der Waals surface area contributed by atoms with E-state index in [4.69, 9.17) is 5.73 Å². The molecule has 1 unspecified atom stereocenters. The van der Waals surface area contributed by atoms with Crippen LogP contribution in [0.4, 0.5) is 0 Å². The topological polar surface area (TPSA) is 32.5 Å². The van der Waals surface area contributed by atoms with E-state index in [9.17, 15) is 0 Å². The summed E-state index contributed by atoms with van der Waals surface area (Å²) >= 11 is 0. The Morgan fingerprint density at radius 1 is 1.00 bits per heavy atom. The van der Waals surface area contributed by atoms with Crippen LogP contribution in [-0.4, -0.2) is 49.1 Å². The van der Waals surface area contributed by atoms with Crippen LogP contribution >= 0.6 is 0 Å². The predicted octanol–water partition coefficient (Wildman–Crippen LogP) is 2.88. The van der Waals surface area contributed by atoms with E-state index < -0.39 is 0 Å². The molecule has 0 aliphatic carbocycles.